The minimum absolute atomic E-state index is 0.150. The van der Waals surface area contributed by atoms with E-state index >= 15 is 0 Å². The first-order chi connectivity index (χ1) is 6.75. The predicted molar refractivity (Wildman–Crippen MR) is 51.9 cm³/mol. The maximum absolute atomic E-state index is 11.6. The van der Waals surface area contributed by atoms with Crippen LogP contribution in [0.4, 0.5) is 0 Å². The summed E-state index contributed by atoms with van der Waals surface area (Å²) in [5, 5.41) is 12.3. The zero-order valence-electron chi connectivity index (χ0n) is 8.28. The van der Waals surface area contributed by atoms with E-state index in [4.69, 9.17) is 5.11 Å². The van der Waals surface area contributed by atoms with Gasteiger partial charge in [-0.2, -0.15) is 0 Å². The van der Waals surface area contributed by atoms with Crippen LogP contribution in [0, 0.1) is 0 Å². The molecule has 0 aromatic carbocycles. The van der Waals surface area contributed by atoms with E-state index in [9.17, 15) is 4.79 Å². The van der Waals surface area contributed by atoms with Crippen LogP contribution in [-0.4, -0.2) is 72.7 Å². The molecule has 2 N–H and O–H groups in total. The zero-order chi connectivity index (χ0) is 9.97. The van der Waals surface area contributed by atoms with Crippen LogP contribution in [0.2, 0.25) is 0 Å². The molecule has 2 saturated heterocycles. The van der Waals surface area contributed by atoms with Gasteiger partial charge >= 0.3 is 0 Å². The second-order valence-corrected chi connectivity index (χ2v) is 3.98. The molecular weight excluding hydrogens is 182 g/mol. The number of hydrogen-bond acceptors (Lipinski definition) is 4. The second kappa shape index (κ2) is 4.25. The monoisotopic (exact) mass is 199 g/mol. The molecule has 0 spiro atoms. The van der Waals surface area contributed by atoms with E-state index in [0.717, 1.165) is 26.2 Å². The van der Waals surface area contributed by atoms with Gasteiger partial charge in [0.05, 0.1) is 12.6 Å². The summed E-state index contributed by atoms with van der Waals surface area (Å²) >= 11 is 0. The highest BCUT2D eigenvalue weighted by Gasteiger charge is 2.29. The number of piperazine rings is 1. The number of amides is 1. The lowest BCUT2D eigenvalue weighted by Gasteiger charge is -2.37. The molecule has 5 heteroatoms. The Bertz CT molecular complexity index is 210. The number of aliphatic hydroxyl groups excluding tert-OH is 1. The SMILES string of the molecule is O=C(CN1CCNCC1)N1CC(O)C1. The molecule has 0 radical (unpaired) electrons. The number of carbonyl (C=O) groups is 1. The second-order valence-electron chi connectivity index (χ2n) is 3.98. The summed E-state index contributed by atoms with van der Waals surface area (Å²) in [5.41, 5.74) is 0. The van der Waals surface area contributed by atoms with Gasteiger partial charge in [-0.15, -0.1) is 0 Å². The molecule has 0 aliphatic carbocycles. The van der Waals surface area contributed by atoms with Gasteiger partial charge in [0, 0.05) is 39.3 Å². The average Bonchev–Trinajstić information content (AvgIpc) is 2.14. The van der Waals surface area contributed by atoms with Crippen molar-refractivity contribution in [2.24, 2.45) is 0 Å². The van der Waals surface area contributed by atoms with Crippen LogP contribution < -0.4 is 5.32 Å². The maximum Gasteiger partial charge on any atom is 0.236 e. The molecule has 2 rings (SSSR count). The summed E-state index contributed by atoms with van der Waals surface area (Å²) in [6.07, 6.45) is -0.290. The van der Waals surface area contributed by atoms with Crippen LogP contribution in [-0.2, 0) is 4.79 Å². The normalized spacial score (nSPS) is 24.8. The van der Waals surface area contributed by atoms with Crippen LogP contribution in [0.15, 0.2) is 0 Å². The molecule has 0 unspecified atom stereocenters. The minimum atomic E-state index is -0.290. The summed E-state index contributed by atoms with van der Waals surface area (Å²) in [6, 6.07) is 0. The first-order valence-electron chi connectivity index (χ1n) is 5.14. The van der Waals surface area contributed by atoms with E-state index in [-0.39, 0.29) is 12.0 Å². The van der Waals surface area contributed by atoms with Gasteiger partial charge in [0.2, 0.25) is 5.91 Å². The van der Waals surface area contributed by atoms with Crippen molar-refractivity contribution in [2.45, 2.75) is 6.10 Å². The van der Waals surface area contributed by atoms with Gasteiger partial charge in [-0.25, -0.2) is 0 Å². The lowest BCUT2D eigenvalue weighted by molar-refractivity contribution is -0.142. The number of hydrogen-bond donors (Lipinski definition) is 2. The first kappa shape index (κ1) is 9.89. The number of rotatable bonds is 2. The molecule has 0 atom stereocenters. The van der Waals surface area contributed by atoms with E-state index in [1.54, 1.807) is 4.90 Å². The Hall–Kier alpha value is -0.650. The quantitative estimate of drug-likeness (QED) is 0.545. The summed E-state index contributed by atoms with van der Waals surface area (Å²) in [6.45, 7) is 5.38. The molecule has 80 valence electrons. The van der Waals surface area contributed by atoms with Gasteiger partial charge in [-0.3, -0.25) is 9.69 Å². The standard InChI is InChI=1S/C9H17N3O2/c13-8-5-12(6-8)9(14)7-11-3-1-10-2-4-11/h8,10,13H,1-7H2. The van der Waals surface area contributed by atoms with Gasteiger partial charge in [-0.1, -0.05) is 0 Å². The number of nitrogens with one attached hydrogen (secondary N) is 1. The first-order valence-corrected chi connectivity index (χ1v) is 5.14. The summed E-state index contributed by atoms with van der Waals surface area (Å²) < 4.78 is 0. The summed E-state index contributed by atoms with van der Waals surface area (Å²) in [7, 11) is 0. The van der Waals surface area contributed by atoms with Crippen molar-refractivity contribution in [3.8, 4) is 0 Å². The van der Waals surface area contributed by atoms with Crippen LogP contribution in [0.25, 0.3) is 0 Å². The van der Waals surface area contributed by atoms with Gasteiger partial charge in [0.25, 0.3) is 0 Å². The lowest BCUT2D eigenvalue weighted by Crippen LogP contribution is -2.57. The van der Waals surface area contributed by atoms with Crippen molar-refractivity contribution in [1.29, 1.82) is 0 Å². The highest BCUT2D eigenvalue weighted by molar-refractivity contribution is 5.79. The number of β-amino-alcohol motifs (C(OH)–C–C–N with tert-alkyl or cyclic N) is 1. The average molecular weight is 199 g/mol. The van der Waals surface area contributed by atoms with Gasteiger partial charge in [-0.05, 0) is 0 Å². The van der Waals surface area contributed by atoms with Crippen molar-refractivity contribution in [1.82, 2.24) is 15.1 Å². The fourth-order valence-electron chi connectivity index (χ4n) is 1.82. The summed E-state index contributed by atoms with van der Waals surface area (Å²) in [4.78, 5) is 15.5. The highest BCUT2D eigenvalue weighted by atomic mass is 16.3. The van der Waals surface area contributed by atoms with Crippen LogP contribution >= 0.6 is 0 Å². The van der Waals surface area contributed by atoms with E-state index in [1.165, 1.54) is 0 Å². The largest absolute Gasteiger partial charge is 0.389 e. The smallest absolute Gasteiger partial charge is 0.236 e. The Kier molecular flexibility index (Phi) is 3.00. The van der Waals surface area contributed by atoms with Gasteiger partial charge in [0.15, 0.2) is 0 Å². The van der Waals surface area contributed by atoms with Crippen LogP contribution in [0.5, 0.6) is 0 Å². The number of nitrogens with zero attached hydrogens (tertiary/aromatic N) is 2. The van der Waals surface area contributed by atoms with Crippen molar-refractivity contribution < 1.29 is 9.90 Å². The van der Waals surface area contributed by atoms with E-state index in [0.29, 0.717) is 19.6 Å². The minimum Gasteiger partial charge on any atom is -0.389 e. The Labute approximate surface area is 83.7 Å². The molecule has 0 bridgehead atoms. The molecular formula is C9H17N3O2. The fraction of sp³-hybridized carbons (Fsp3) is 0.889. The third-order valence-electron chi connectivity index (χ3n) is 2.78. The predicted octanol–water partition coefficient (Wildman–Crippen LogP) is -1.91. The third kappa shape index (κ3) is 2.23. The van der Waals surface area contributed by atoms with Gasteiger partial charge < -0.3 is 15.3 Å². The summed E-state index contributed by atoms with van der Waals surface area (Å²) in [5.74, 6) is 0.150. The van der Waals surface area contributed by atoms with Crippen molar-refractivity contribution in [3.05, 3.63) is 0 Å². The molecule has 2 aliphatic rings. The lowest BCUT2D eigenvalue weighted by atomic mass is 10.1. The molecule has 5 nitrogen and oxygen atoms in total. The Balaban J connectivity index is 1.71. The van der Waals surface area contributed by atoms with E-state index < -0.39 is 0 Å². The van der Waals surface area contributed by atoms with E-state index in [2.05, 4.69) is 10.2 Å². The topological polar surface area (TPSA) is 55.8 Å². The van der Waals surface area contributed by atoms with Crippen LogP contribution in [0.3, 0.4) is 0 Å². The number of aliphatic hydroxyl groups is 1. The molecule has 14 heavy (non-hydrogen) atoms. The Morgan fingerprint density at radius 2 is 2.00 bits per heavy atom. The van der Waals surface area contributed by atoms with E-state index in [1.807, 2.05) is 0 Å². The van der Waals surface area contributed by atoms with Crippen molar-refractivity contribution in [2.75, 3.05) is 45.8 Å². The maximum atomic E-state index is 11.6. The number of likely N-dealkylation sites (tertiary alicyclic amines) is 1. The molecule has 2 heterocycles. The molecule has 0 aromatic rings. The Morgan fingerprint density at radius 1 is 1.36 bits per heavy atom. The van der Waals surface area contributed by atoms with Gasteiger partial charge in [0.1, 0.15) is 0 Å². The molecule has 2 aliphatic heterocycles. The molecule has 2 fully saturated rings. The third-order valence-corrected chi connectivity index (χ3v) is 2.78. The molecule has 0 aromatic heterocycles. The molecule has 1 amide bonds. The zero-order valence-corrected chi connectivity index (χ0v) is 8.28. The molecule has 0 saturated carbocycles. The van der Waals surface area contributed by atoms with Crippen LogP contribution in [0.1, 0.15) is 0 Å². The van der Waals surface area contributed by atoms with Crippen molar-refractivity contribution >= 4 is 5.91 Å². The fourth-order valence-corrected chi connectivity index (χ4v) is 1.82. The Morgan fingerprint density at radius 3 is 2.57 bits per heavy atom. The number of carbonyl (C=O) groups excluding carboxylic acids is 1. The van der Waals surface area contributed by atoms with Crippen molar-refractivity contribution in [3.63, 3.8) is 0 Å². The highest BCUT2D eigenvalue weighted by Crippen LogP contribution is 2.08.